The van der Waals surface area contributed by atoms with Crippen LogP contribution in [0.1, 0.15) is 19.8 Å². The molecule has 1 saturated heterocycles. The Hall–Kier alpha value is -1.18. The molecule has 1 heterocycles. The Labute approximate surface area is 125 Å². The Balaban J connectivity index is 1.93. The summed E-state index contributed by atoms with van der Waals surface area (Å²) in [5.74, 6) is -0.0922. The van der Waals surface area contributed by atoms with Gasteiger partial charge in [0.15, 0.2) is 0 Å². The Bertz CT molecular complexity index is 564. The largest absolute Gasteiger partial charge is 0.398 e. The highest BCUT2D eigenvalue weighted by molar-refractivity contribution is 7.89. The number of sulfonamides is 1. The van der Waals surface area contributed by atoms with Gasteiger partial charge in [-0.3, -0.25) is 0 Å². The van der Waals surface area contributed by atoms with E-state index in [2.05, 4.69) is 16.5 Å². The van der Waals surface area contributed by atoms with E-state index in [1.54, 1.807) is 0 Å². The molecule has 0 atom stereocenters. The lowest BCUT2D eigenvalue weighted by molar-refractivity contribution is 0.195. The molecule has 5 nitrogen and oxygen atoms in total. The van der Waals surface area contributed by atoms with Gasteiger partial charge in [0.2, 0.25) is 10.0 Å². The number of benzene rings is 1. The van der Waals surface area contributed by atoms with Crippen LogP contribution in [0.2, 0.25) is 0 Å². The van der Waals surface area contributed by atoms with Crippen LogP contribution >= 0.6 is 0 Å². The maximum absolute atomic E-state index is 13.7. The standard InChI is InChI=1S/C14H22FN3O2S/c1-11-5-8-18(9-6-11)10-7-17-21(19,20)14-12(15)3-2-4-13(14)16/h2-4,11,17H,5-10,16H2,1H3. The van der Waals surface area contributed by atoms with Gasteiger partial charge < -0.3 is 10.6 Å². The zero-order valence-corrected chi connectivity index (χ0v) is 13.0. The van der Waals surface area contributed by atoms with E-state index in [0.717, 1.165) is 37.9 Å². The molecule has 118 valence electrons. The van der Waals surface area contributed by atoms with Crippen molar-refractivity contribution in [3.63, 3.8) is 0 Å². The maximum atomic E-state index is 13.7. The van der Waals surface area contributed by atoms with Crippen LogP contribution in [0, 0.1) is 11.7 Å². The van der Waals surface area contributed by atoms with Crippen molar-refractivity contribution in [3.8, 4) is 0 Å². The van der Waals surface area contributed by atoms with Gasteiger partial charge in [0.25, 0.3) is 0 Å². The average Bonchev–Trinajstić information content (AvgIpc) is 2.40. The molecule has 1 aliphatic heterocycles. The monoisotopic (exact) mass is 315 g/mol. The minimum absolute atomic E-state index is 0.0747. The predicted molar refractivity (Wildman–Crippen MR) is 80.8 cm³/mol. The number of rotatable bonds is 5. The van der Waals surface area contributed by atoms with Crippen molar-refractivity contribution in [1.29, 1.82) is 0 Å². The number of hydrogen-bond acceptors (Lipinski definition) is 4. The third-order valence-electron chi connectivity index (χ3n) is 3.86. The van der Waals surface area contributed by atoms with Crippen molar-refractivity contribution >= 4 is 15.7 Å². The first-order chi connectivity index (χ1) is 9.90. The third kappa shape index (κ3) is 4.15. The Kier molecular flexibility index (Phi) is 5.18. The SMILES string of the molecule is CC1CCN(CCNS(=O)(=O)c2c(N)cccc2F)CC1. The summed E-state index contributed by atoms with van der Waals surface area (Å²) < 4.78 is 40.3. The molecular formula is C14H22FN3O2S. The molecule has 21 heavy (non-hydrogen) atoms. The van der Waals surface area contributed by atoms with E-state index in [0.29, 0.717) is 6.54 Å². The van der Waals surface area contributed by atoms with E-state index in [4.69, 9.17) is 5.73 Å². The van der Waals surface area contributed by atoms with E-state index in [1.807, 2.05) is 0 Å². The Morgan fingerprint density at radius 1 is 1.38 bits per heavy atom. The summed E-state index contributed by atoms with van der Waals surface area (Å²) in [6.07, 6.45) is 2.26. The summed E-state index contributed by atoms with van der Waals surface area (Å²) >= 11 is 0. The second-order valence-corrected chi connectivity index (χ2v) is 7.28. The van der Waals surface area contributed by atoms with Gasteiger partial charge >= 0.3 is 0 Å². The minimum Gasteiger partial charge on any atom is -0.398 e. The van der Waals surface area contributed by atoms with Crippen LogP contribution in [0.3, 0.4) is 0 Å². The fourth-order valence-corrected chi connectivity index (χ4v) is 3.71. The molecule has 7 heteroatoms. The van der Waals surface area contributed by atoms with Crippen LogP contribution in [0.5, 0.6) is 0 Å². The van der Waals surface area contributed by atoms with Gasteiger partial charge in [-0.1, -0.05) is 13.0 Å². The van der Waals surface area contributed by atoms with Crippen molar-refractivity contribution in [2.45, 2.75) is 24.7 Å². The molecule has 0 spiro atoms. The fourth-order valence-electron chi connectivity index (χ4n) is 2.50. The molecular weight excluding hydrogens is 293 g/mol. The van der Waals surface area contributed by atoms with E-state index in [9.17, 15) is 12.8 Å². The molecule has 0 aromatic heterocycles. The van der Waals surface area contributed by atoms with Crippen LogP contribution in [-0.2, 0) is 10.0 Å². The topological polar surface area (TPSA) is 75.4 Å². The molecule has 0 saturated carbocycles. The molecule has 0 aliphatic carbocycles. The summed E-state index contributed by atoms with van der Waals surface area (Å²) in [6.45, 7) is 5.06. The van der Waals surface area contributed by atoms with Crippen molar-refractivity contribution in [3.05, 3.63) is 24.0 Å². The van der Waals surface area contributed by atoms with E-state index in [-0.39, 0.29) is 12.2 Å². The number of likely N-dealkylation sites (tertiary alicyclic amines) is 1. The number of hydrogen-bond donors (Lipinski definition) is 2. The van der Waals surface area contributed by atoms with Gasteiger partial charge in [-0.15, -0.1) is 0 Å². The first kappa shape index (κ1) is 16.2. The average molecular weight is 315 g/mol. The maximum Gasteiger partial charge on any atom is 0.245 e. The smallest absolute Gasteiger partial charge is 0.245 e. The van der Waals surface area contributed by atoms with Crippen molar-refractivity contribution in [1.82, 2.24) is 9.62 Å². The fraction of sp³-hybridized carbons (Fsp3) is 0.571. The third-order valence-corrected chi connectivity index (χ3v) is 5.41. The van der Waals surface area contributed by atoms with Crippen LogP contribution in [0.15, 0.2) is 23.1 Å². The van der Waals surface area contributed by atoms with E-state index in [1.165, 1.54) is 12.1 Å². The van der Waals surface area contributed by atoms with Gasteiger partial charge in [0.1, 0.15) is 10.7 Å². The molecule has 0 amide bonds. The molecule has 1 fully saturated rings. The summed E-state index contributed by atoms with van der Waals surface area (Å²) in [5.41, 5.74) is 5.49. The highest BCUT2D eigenvalue weighted by Crippen LogP contribution is 2.21. The first-order valence-electron chi connectivity index (χ1n) is 7.16. The van der Waals surface area contributed by atoms with Crippen LogP contribution in [-0.4, -0.2) is 39.5 Å². The normalized spacial score (nSPS) is 18.0. The van der Waals surface area contributed by atoms with Crippen LogP contribution in [0.25, 0.3) is 0 Å². The van der Waals surface area contributed by atoms with Crippen molar-refractivity contribution < 1.29 is 12.8 Å². The molecule has 3 N–H and O–H groups in total. The molecule has 2 rings (SSSR count). The minimum atomic E-state index is -3.91. The zero-order chi connectivity index (χ0) is 15.5. The number of halogens is 1. The lowest BCUT2D eigenvalue weighted by Crippen LogP contribution is -2.39. The zero-order valence-electron chi connectivity index (χ0n) is 12.2. The highest BCUT2D eigenvalue weighted by atomic mass is 32.2. The van der Waals surface area contributed by atoms with Gasteiger partial charge in [0, 0.05) is 13.1 Å². The summed E-state index contributed by atoms with van der Waals surface area (Å²) in [5, 5.41) is 0. The van der Waals surface area contributed by atoms with Gasteiger partial charge in [-0.25, -0.2) is 17.5 Å². The quantitative estimate of drug-likeness (QED) is 0.806. The van der Waals surface area contributed by atoms with Gasteiger partial charge in [-0.05, 0) is 44.0 Å². The Morgan fingerprint density at radius 2 is 2.05 bits per heavy atom. The van der Waals surface area contributed by atoms with Crippen molar-refractivity contribution in [2.24, 2.45) is 5.92 Å². The van der Waals surface area contributed by atoms with Gasteiger partial charge in [0.05, 0.1) is 5.69 Å². The number of anilines is 1. The highest BCUT2D eigenvalue weighted by Gasteiger charge is 2.22. The summed E-state index contributed by atoms with van der Waals surface area (Å²) in [6, 6.07) is 3.86. The predicted octanol–water partition coefficient (Wildman–Crippen LogP) is 1.42. The van der Waals surface area contributed by atoms with Crippen LogP contribution < -0.4 is 10.5 Å². The number of nitrogens with two attached hydrogens (primary N) is 1. The molecule has 1 aromatic carbocycles. The summed E-state index contributed by atoms with van der Waals surface area (Å²) in [7, 11) is -3.91. The Morgan fingerprint density at radius 3 is 2.67 bits per heavy atom. The first-order valence-corrected chi connectivity index (χ1v) is 8.64. The van der Waals surface area contributed by atoms with Crippen LogP contribution in [0.4, 0.5) is 10.1 Å². The molecule has 0 bridgehead atoms. The van der Waals surface area contributed by atoms with Crippen molar-refractivity contribution in [2.75, 3.05) is 31.9 Å². The lowest BCUT2D eigenvalue weighted by atomic mass is 9.99. The lowest BCUT2D eigenvalue weighted by Gasteiger charge is -2.30. The summed E-state index contributed by atoms with van der Waals surface area (Å²) in [4.78, 5) is 1.75. The molecule has 0 radical (unpaired) electrons. The number of nitrogens with zero attached hydrogens (tertiary/aromatic N) is 1. The van der Waals surface area contributed by atoms with E-state index >= 15 is 0 Å². The number of nitrogen functional groups attached to an aromatic ring is 1. The molecule has 0 unspecified atom stereocenters. The number of nitrogens with one attached hydrogen (secondary N) is 1. The second-order valence-electron chi connectivity index (χ2n) is 5.58. The second kappa shape index (κ2) is 6.72. The molecule has 1 aliphatic rings. The molecule has 1 aromatic rings. The number of piperidine rings is 1. The van der Waals surface area contributed by atoms with Gasteiger partial charge in [-0.2, -0.15) is 0 Å². The van der Waals surface area contributed by atoms with E-state index < -0.39 is 20.7 Å².